The van der Waals surface area contributed by atoms with Gasteiger partial charge in [0.05, 0.1) is 43.5 Å². The summed E-state index contributed by atoms with van der Waals surface area (Å²) in [5.74, 6) is 2.22. The van der Waals surface area contributed by atoms with Gasteiger partial charge in [0.2, 0.25) is 0 Å². The fourth-order valence-electron chi connectivity index (χ4n) is 5.87. The number of methoxy groups -OCH3 is 1. The number of esters is 2. The van der Waals surface area contributed by atoms with E-state index >= 15 is 0 Å². The molecule has 1 heterocycles. The van der Waals surface area contributed by atoms with Gasteiger partial charge in [-0.1, -0.05) is 6.92 Å². The van der Waals surface area contributed by atoms with Crippen LogP contribution in [0.5, 0.6) is 23.0 Å². The normalized spacial score (nSPS) is 20.1. The first kappa shape index (κ1) is 25.4. The second kappa shape index (κ2) is 10.4. The van der Waals surface area contributed by atoms with Crippen LogP contribution in [0.1, 0.15) is 76.3 Å². The fraction of sp³-hybridized carbons (Fsp3) is 0.375. The van der Waals surface area contributed by atoms with E-state index in [1.807, 2.05) is 0 Å². The zero-order valence-corrected chi connectivity index (χ0v) is 22.2. The summed E-state index contributed by atoms with van der Waals surface area (Å²) in [4.78, 5) is 25.9. The van der Waals surface area contributed by atoms with E-state index in [-0.39, 0.29) is 5.41 Å². The molecule has 0 N–H and O–H groups in total. The van der Waals surface area contributed by atoms with Crippen molar-refractivity contribution in [1.29, 1.82) is 0 Å². The Bertz CT molecular complexity index is 1370. The molecule has 0 spiro atoms. The zero-order valence-electron chi connectivity index (χ0n) is 22.2. The zero-order chi connectivity index (χ0) is 27.0. The highest BCUT2D eigenvalue weighted by Gasteiger charge is 2.42. The molecular weight excluding hydrogens is 496 g/mol. The van der Waals surface area contributed by atoms with Gasteiger partial charge < -0.3 is 23.7 Å². The molecule has 1 aliphatic heterocycles. The van der Waals surface area contributed by atoms with E-state index in [4.69, 9.17) is 23.7 Å². The summed E-state index contributed by atoms with van der Waals surface area (Å²) in [6, 6.07) is 17.4. The van der Waals surface area contributed by atoms with Crippen molar-refractivity contribution in [3.8, 4) is 23.0 Å². The molecule has 6 rings (SSSR count). The molecule has 1 saturated carbocycles. The lowest BCUT2D eigenvalue weighted by atomic mass is 9.84. The molecule has 3 aromatic carbocycles. The van der Waals surface area contributed by atoms with Crippen molar-refractivity contribution in [2.45, 2.75) is 44.4 Å². The van der Waals surface area contributed by atoms with Crippen LogP contribution < -0.4 is 18.9 Å². The Morgan fingerprint density at radius 1 is 0.795 bits per heavy atom. The Labute approximate surface area is 228 Å². The number of hydrogen-bond acceptors (Lipinski definition) is 7. The third kappa shape index (κ3) is 4.87. The van der Waals surface area contributed by atoms with Crippen molar-refractivity contribution in [1.82, 2.24) is 0 Å². The lowest BCUT2D eigenvalue weighted by molar-refractivity contribution is -0.133. The third-order valence-electron chi connectivity index (χ3n) is 8.39. The highest BCUT2D eigenvalue weighted by Crippen LogP contribution is 2.58. The SMILES string of the molecule is CCC1(COc2ccc(C(=O)Oc3ccc(OC(=O)c4ccc(OC)cc4)c4c3C3CCC4C3)cc2)COC1. The van der Waals surface area contributed by atoms with Crippen LogP contribution in [-0.4, -0.2) is 38.9 Å². The van der Waals surface area contributed by atoms with Gasteiger partial charge in [0, 0.05) is 11.1 Å². The molecule has 3 aromatic rings. The van der Waals surface area contributed by atoms with Crippen LogP contribution in [0.15, 0.2) is 60.7 Å². The second-order valence-corrected chi connectivity index (χ2v) is 10.8. The lowest BCUT2D eigenvalue weighted by Gasteiger charge is -2.40. The summed E-state index contributed by atoms with van der Waals surface area (Å²) >= 11 is 0. The van der Waals surface area contributed by atoms with Gasteiger partial charge in [-0.3, -0.25) is 0 Å². The Morgan fingerprint density at radius 3 is 1.74 bits per heavy atom. The van der Waals surface area contributed by atoms with Gasteiger partial charge in [-0.2, -0.15) is 0 Å². The minimum atomic E-state index is -0.427. The van der Waals surface area contributed by atoms with E-state index in [1.165, 1.54) is 0 Å². The fourth-order valence-corrected chi connectivity index (χ4v) is 5.87. The topological polar surface area (TPSA) is 80.3 Å². The van der Waals surface area contributed by atoms with E-state index in [0.717, 1.165) is 50.0 Å². The minimum Gasteiger partial charge on any atom is -0.497 e. The van der Waals surface area contributed by atoms with Gasteiger partial charge >= 0.3 is 11.9 Å². The number of hydrogen-bond donors (Lipinski definition) is 0. The van der Waals surface area contributed by atoms with Crippen molar-refractivity contribution in [2.75, 3.05) is 26.9 Å². The van der Waals surface area contributed by atoms with E-state index in [9.17, 15) is 9.59 Å². The predicted octanol–water partition coefficient (Wildman–Crippen LogP) is 6.30. The molecule has 202 valence electrons. The first-order valence-electron chi connectivity index (χ1n) is 13.5. The first-order valence-corrected chi connectivity index (χ1v) is 13.5. The Kier molecular flexibility index (Phi) is 6.77. The molecule has 2 bridgehead atoms. The number of fused-ring (bicyclic) bond motifs is 5. The lowest BCUT2D eigenvalue weighted by Crippen LogP contribution is -2.46. The van der Waals surface area contributed by atoms with Gasteiger partial charge in [-0.05, 0) is 98.2 Å². The molecule has 3 aliphatic rings. The average Bonchev–Trinajstić information content (AvgIpc) is 3.57. The van der Waals surface area contributed by atoms with Crippen molar-refractivity contribution in [3.63, 3.8) is 0 Å². The number of carbonyl (C=O) groups excluding carboxylic acids is 2. The maximum Gasteiger partial charge on any atom is 0.343 e. The van der Waals surface area contributed by atoms with Crippen LogP contribution in [0.25, 0.3) is 0 Å². The molecule has 39 heavy (non-hydrogen) atoms. The largest absolute Gasteiger partial charge is 0.497 e. The van der Waals surface area contributed by atoms with Crippen molar-refractivity contribution in [2.24, 2.45) is 5.41 Å². The highest BCUT2D eigenvalue weighted by atomic mass is 16.5. The monoisotopic (exact) mass is 528 g/mol. The maximum absolute atomic E-state index is 13.1. The van der Waals surface area contributed by atoms with Crippen LogP contribution >= 0.6 is 0 Å². The molecule has 0 amide bonds. The molecular formula is C32H32O7. The summed E-state index contributed by atoms with van der Waals surface area (Å²) in [5.41, 5.74) is 2.97. The Hall–Kier alpha value is -3.84. The summed E-state index contributed by atoms with van der Waals surface area (Å²) in [6.45, 7) is 4.18. The number of ether oxygens (including phenoxy) is 5. The molecule has 7 heteroatoms. The Balaban J connectivity index is 1.17. The number of benzene rings is 3. The molecule has 2 atom stereocenters. The highest BCUT2D eigenvalue weighted by molar-refractivity contribution is 5.92. The molecule has 7 nitrogen and oxygen atoms in total. The van der Waals surface area contributed by atoms with Gasteiger partial charge in [-0.25, -0.2) is 9.59 Å². The predicted molar refractivity (Wildman–Crippen MR) is 144 cm³/mol. The van der Waals surface area contributed by atoms with E-state index < -0.39 is 11.9 Å². The van der Waals surface area contributed by atoms with E-state index in [0.29, 0.717) is 52.6 Å². The maximum atomic E-state index is 13.1. The molecule has 2 fully saturated rings. The van der Waals surface area contributed by atoms with E-state index in [1.54, 1.807) is 67.8 Å². The van der Waals surface area contributed by atoms with Crippen molar-refractivity contribution < 1.29 is 33.3 Å². The number of rotatable bonds is 9. The van der Waals surface area contributed by atoms with Gasteiger partial charge in [-0.15, -0.1) is 0 Å². The minimum absolute atomic E-state index is 0.0898. The molecule has 0 radical (unpaired) electrons. The third-order valence-corrected chi connectivity index (χ3v) is 8.39. The molecule has 2 unspecified atom stereocenters. The number of carbonyl (C=O) groups is 2. The van der Waals surface area contributed by atoms with Gasteiger partial charge in [0.25, 0.3) is 0 Å². The summed E-state index contributed by atoms with van der Waals surface area (Å²) in [5, 5.41) is 0. The van der Waals surface area contributed by atoms with Crippen LogP contribution in [-0.2, 0) is 4.74 Å². The standard InChI is InChI=1S/C32H32O7/c1-3-32(17-36-18-32)19-37-25-12-8-21(9-13-25)31(34)39-27-15-14-26(28-22-4-5-23(16-22)29(27)28)38-30(33)20-6-10-24(35-2)11-7-20/h6-15,22-23H,3-5,16-19H2,1-2H3. The van der Waals surface area contributed by atoms with Gasteiger partial charge in [0.15, 0.2) is 0 Å². The molecule has 0 aromatic heterocycles. The first-order chi connectivity index (χ1) is 19.0. The second-order valence-electron chi connectivity index (χ2n) is 10.8. The average molecular weight is 529 g/mol. The van der Waals surface area contributed by atoms with Crippen LogP contribution in [0, 0.1) is 5.41 Å². The molecule has 2 aliphatic carbocycles. The van der Waals surface area contributed by atoms with Crippen LogP contribution in [0.4, 0.5) is 0 Å². The van der Waals surface area contributed by atoms with Crippen molar-refractivity contribution >= 4 is 11.9 Å². The summed E-state index contributed by atoms with van der Waals surface area (Å²) < 4.78 is 28.3. The molecule has 1 saturated heterocycles. The smallest absolute Gasteiger partial charge is 0.343 e. The van der Waals surface area contributed by atoms with Crippen LogP contribution in [0.3, 0.4) is 0 Å². The quantitative estimate of drug-likeness (QED) is 0.238. The van der Waals surface area contributed by atoms with Crippen molar-refractivity contribution in [3.05, 3.63) is 82.9 Å². The van der Waals surface area contributed by atoms with Crippen LogP contribution in [0.2, 0.25) is 0 Å². The Morgan fingerprint density at radius 2 is 1.31 bits per heavy atom. The van der Waals surface area contributed by atoms with E-state index in [2.05, 4.69) is 6.92 Å². The van der Waals surface area contributed by atoms with Gasteiger partial charge in [0.1, 0.15) is 23.0 Å². The summed E-state index contributed by atoms with van der Waals surface area (Å²) in [7, 11) is 1.58. The summed E-state index contributed by atoms with van der Waals surface area (Å²) in [6.07, 6.45) is 4.06.